The van der Waals surface area contributed by atoms with Gasteiger partial charge in [0.25, 0.3) is 0 Å². The third kappa shape index (κ3) is 2.64. The van der Waals surface area contributed by atoms with Gasteiger partial charge in [0.1, 0.15) is 0 Å². The first-order valence-corrected chi connectivity index (χ1v) is 7.66. The van der Waals surface area contributed by atoms with Crippen molar-refractivity contribution in [1.82, 2.24) is 20.4 Å². The smallest absolute Gasteiger partial charge is 0.241 e. The zero-order valence-corrected chi connectivity index (χ0v) is 12.1. The van der Waals surface area contributed by atoms with E-state index >= 15 is 0 Å². The highest BCUT2D eigenvalue weighted by atomic mass is 16.2. The van der Waals surface area contributed by atoms with Crippen LogP contribution < -0.4 is 10.6 Å². The molecule has 4 atom stereocenters. The molecular formula is C14H26N4O. The number of carbonyl (C=O) groups excluding carboxylic acids is 1. The van der Waals surface area contributed by atoms with Gasteiger partial charge in [0.05, 0.1) is 6.04 Å². The van der Waals surface area contributed by atoms with Crippen molar-refractivity contribution in [2.45, 2.75) is 50.9 Å². The molecule has 4 unspecified atom stereocenters. The number of hydrogen-bond donors (Lipinski definition) is 2. The molecule has 3 heterocycles. The normalized spacial score (nSPS) is 40.2. The van der Waals surface area contributed by atoms with Gasteiger partial charge in [-0.05, 0) is 33.2 Å². The summed E-state index contributed by atoms with van der Waals surface area (Å²) in [5.41, 5.74) is 0. The summed E-state index contributed by atoms with van der Waals surface area (Å²) in [4.78, 5) is 17.3. The molecule has 0 aromatic carbocycles. The van der Waals surface area contributed by atoms with Crippen LogP contribution in [-0.4, -0.2) is 72.6 Å². The fourth-order valence-electron chi connectivity index (χ4n) is 3.65. The number of rotatable bonds is 1. The summed E-state index contributed by atoms with van der Waals surface area (Å²) in [5, 5.41) is 6.77. The van der Waals surface area contributed by atoms with Gasteiger partial charge < -0.3 is 15.5 Å². The number of hydrogen-bond acceptors (Lipinski definition) is 4. The number of carbonyl (C=O) groups is 1. The lowest BCUT2D eigenvalue weighted by Crippen LogP contribution is -2.64. The molecule has 3 rings (SSSR count). The van der Waals surface area contributed by atoms with E-state index in [1.807, 2.05) is 0 Å². The van der Waals surface area contributed by atoms with Crippen LogP contribution in [0.1, 0.15) is 26.7 Å². The van der Waals surface area contributed by atoms with Crippen LogP contribution in [0.5, 0.6) is 0 Å². The predicted molar refractivity (Wildman–Crippen MR) is 75.0 cm³/mol. The second-order valence-corrected chi connectivity index (χ2v) is 6.40. The van der Waals surface area contributed by atoms with E-state index < -0.39 is 0 Å². The van der Waals surface area contributed by atoms with Gasteiger partial charge in [-0.1, -0.05) is 0 Å². The molecule has 108 valence electrons. The Morgan fingerprint density at radius 1 is 1.16 bits per heavy atom. The van der Waals surface area contributed by atoms with Crippen LogP contribution in [0.3, 0.4) is 0 Å². The Hall–Kier alpha value is -0.650. The molecule has 5 nitrogen and oxygen atoms in total. The van der Waals surface area contributed by atoms with E-state index in [0.29, 0.717) is 24.0 Å². The lowest BCUT2D eigenvalue weighted by Gasteiger charge is -2.44. The summed E-state index contributed by atoms with van der Waals surface area (Å²) in [6.45, 7) is 9.17. The topological polar surface area (TPSA) is 47.6 Å². The standard InChI is InChI=1S/C14H26N4O/c1-10-6-16-13(7-15-10)14(19)18-9-12-4-3-5-17(12)8-11(18)2/h10-13,15-16H,3-9H2,1-2H3. The van der Waals surface area contributed by atoms with E-state index in [1.165, 1.54) is 19.4 Å². The predicted octanol–water partition coefficient (Wildman–Crippen LogP) is -0.369. The number of piperazine rings is 2. The summed E-state index contributed by atoms with van der Waals surface area (Å²) in [7, 11) is 0. The van der Waals surface area contributed by atoms with Crippen molar-refractivity contribution < 1.29 is 4.79 Å². The van der Waals surface area contributed by atoms with Gasteiger partial charge in [0, 0.05) is 44.3 Å². The Kier molecular flexibility index (Phi) is 3.78. The first-order valence-electron chi connectivity index (χ1n) is 7.66. The third-order valence-corrected chi connectivity index (χ3v) is 4.86. The van der Waals surface area contributed by atoms with Crippen LogP contribution in [0.25, 0.3) is 0 Å². The van der Waals surface area contributed by atoms with Crippen molar-refractivity contribution in [3.8, 4) is 0 Å². The van der Waals surface area contributed by atoms with Crippen LogP contribution in [0.15, 0.2) is 0 Å². The highest BCUT2D eigenvalue weighted by Crippen LogP contribution is 2.25. The van der Waals surface area contributed by atoms with E-state index in [0.717, 1.165) is 26.2 Å². The molecule has 0 spiro atoms. The number of nitrogens with zero attached hydrogens (tertiary/aromatic N) is 2. The first kappa shape index (κ1) is 13.3. The first-order chi connectivity index (χ1) is 9.15. The Labute approximate surface area is 115 Å². The largest absolute Gasteiger partial charge is 0.336 e. The van der Waals surface area contributed by atoms with Gasteiger partial charge in [-0.3, -0.25) is 9.69 Å². The van der Waals surface area contributed by atoms with Crippen LogP contribution in [0.4, 0.5) is 0 Å². The fourth-order valence-corrected chi connectivity index (χ4v) is 3.65. The Morgan fingerprint density at radius 3 is 2.74 bits per heavy atom. The van der Waals surface area contributed by atoms with Crippen molar-refractivity contribution >= 4 is 5.91 Å². The molecule has 5 heteroatoms. The van der Waals surface area contributed by atoms with Gasteiger partial charge in [-0.25, -0.2) is 0 Å². The average Bonchev–Trinajstić information content (AvgIpc) is 2.85. The molecule has 0 aromatic heterocycles. The number of fused-ring (bicyclic) bond motifs is 1. The van der Waals surface area contributed by atoms with Crippen LogP contribution in [0, 0.1) is 0 Å². The summed E-state index contributed by atoms with van der Waals surface area (Å²) in [6, 6.07) is 1.39. The summed E-state index contributed by atoms with van der Waals surface area (Å²) in [6.07, 6.45) is 2.55. The lowest BCUT2D eigenvalue weighted by atomic mass is 10.1. The molecule has 3 fully saturated rings. The molecule has 0 radical (unpaired) electrons. The zero-order chi connectivity index (χ0) is 13.4. The van der Waals surface area contributed by atoms with Crippen molar-refractivity contribution in [1.29, 1.82) is 0 Å². The summed E-state index contributed by atoms with van der Waals surface area (Å²) < 4.78 is 0. The summed E-state index contributed by atoms with van der Waals surface area (Å²) >= 11 is 0. The maximum atomic E-state index is 12.7. The van der Waals surface area contributed by atoms with E-state index in [-0.39, 0.29) is 6.04 Å². The Balaban J connectivity index is 1.62. The van der Waals surface area contributed by atoms with Gasteiger partial charge in [-0.2, -0.15) is 0 Å². The van der Waals surface area contributed by atoms with E-state index in [2.05, 4.69) is 34.3 Å². The molecule has 0 aliphatic carbocycles. The van der Waals surface area contributed by atoms with Gasteiger partial charge >= 0.3 is 0 Å². The van der Waals surface area contributed by atoms with Crippen molar-refractivity contribution in [2.24, 2.45) is 0 Å². The van der Waals surface area contributed by atoms with Gasteiger partial charge in [0.2, 0.25) is 5.91 Å². The van der Waals surface area contributed by atoms with Crippen LogP contribution in [-0.2, 0) is 4.79 Å². The van der Waals surface area contributed by atoms with Gasteiger partial charge in [-0.15, -0.1) is 0 Å². The summed E-state index contributed by atoms with van der Waals surface area (Å²) in [5.74, 6) is 0.290. The second-order valence-electron chi connectivity index (χ2n) is 6.40. The molecular weight excluding hydrogens is 240 g/mol. The number of amides is 1. The highest BCUT2D eigenvalue weighted by molar-refractivity contribution is 5.82. The average molecular weight is 266 g/mol. The molecule has 0 aromatic rings. The molecule has 19 heavy (non-hydrogen) atoms. The van der Waals surface area contributed by atoms with Crippen molar-refractivity contribution in [3.63, 3.8) is 0 Å². The minimum atomic E-state index is -0.0356. The third-order valence-electron chi connectivity index (χ3n) is 4.86. The SMILES string of the molecule is CC1CNC(C(=O)N2CC3CCCN3CC2C)CN1. The molecule has 1 amide bonds. The second kappa shape index (κ2) is 5.38. The van der Waals surface area contributed by atoms with E-state index in [1.54, 1.807) is 0 Å². The molecule has 3 aliphatic rings. The highest BCUT2D eigenvalue weighted by Gasteiger charge is 2.38. The van der Waals surface area contributed by atoms with Crippen LogP contribution >= 0.6 is 0 Å². The van der Waals surface area contributed by atoms with Crippen LogP contribution in [0.2, 0.25) is 0 Å². The monoisotopic (exact) mass is 266 g/mol. The molecule has 3 aliphatic heterocycles. The molecule has 2 N–H and O–H groups in total. The maximum absolute atomic E-state index is 12.7. The minimum absolute atomic E-state index is 0.0356. The molecule has 0 bridgehead atoms. The number of nitrogens with one attached hydrogen (secondary N) is 2. The fraction of sp³-hybridized carbons (Fsp3) is 0.929. The van der Waals surface area contributed by atoms with Gasteiger partial charge in [0.15, 0.2) is 0 Å². The van der Waals surface area contributed by atoms with Crippen molar-refractivity contribution in [2.75, 3.05) is 32.7 Å². The lowest BCUT2D eigenvalue weighted by molar-refractivity contribution is -0.139. The zero-order valence-electron chi connectivity index (χ0n) is 12.1. The quantitative estimate of drug-likeness (QED) is 0.680. The Bertz CT molecular complexity index is 340. The molecule has 0 saturated carbocycles. The van der Waals surface area contributed by atoms with E-state index in [4.69, 9.17) is 0 Å². The Morgan fingerprint density at radius 2 is 2.00 bits per heavy atom. The minimum Gasteiger partial charge on any atom is -0.336 e. The maximum Gasteiger partial charge on any atom is 0.241 e. The molecule has 3 saturated heterocycles. The van der Waals surface area contributed by atoms with E-state index in [9.17, 15) is 4.79 Å². The van der Waals surface area contributed by atoms with Crippen molar-refractivity contribution in [3.05, 3.63) is 0 Å².